The Balaban J connectivity index is 1.05. The van der Waals surface area contributed by atoms with Gasteiger partial charge in [-0.05, 0) is 151 Å². The zero-order chi connectivity index (χ0) is 48.3. The molecule has 2 nitrogen and oxygen atoms in total. The summed E-state index contributed by atoms with van der Waals surface area (Å²) in [5.74, 6) is 0. The minimum absolute atomic E-state index is 0.175. The highest BCUT2D eigenvalue weighted by atomic mass is 15.1. The van der Waals surface area contributed by atoms with Crippen molar-refractivity contribution < 1.29 is 6.85 Å². The first-order valence-corrected chi connectivity index (χ1v) is 22.7. The maximum absolute atomic E-state index is 8.79. The van der Waals surface area contributed by atoms with E-state index in [2.05, 4.69) is 212 Å². The topological polar surface area (TPSA) is 6.48 Å². The molecule has 0 saturated carbocycles. The van der Waals surface area contributed by atoms with Gasteiger partial charge in [0.1, 0.15) is 0 Å². The molecule has 2 heteroatoms. The quantitative estimate of drug-likeness (QED) is 0.158. The van der Waals surface area contributed by atoms with Crippen molar-refractivity contribution in [3.05, 3.63) is 276 Å². The molecule has 3 aliphatic carbocycles. The first-order chi connectivity index (χ1) is 34.6. The zero-order valence-corrected chi connectivity index (χ0v) is 36.6. The molecule has 0 heterocycles. The van der Waals surface area contributed by atoms with Gasteiger partial charge in [0, 0.05) is 39.5 Å². The highest BCUT2D eigenvalue weighted by Gasteiger charge is 2.52. The van der Waals surface area contributed by atoms with Gasteiger partial charge >= 0.3 is 0 Å². The number of anilines is 6. The molecule has 1 unspecified atom stereocenters. The predicted octanol–water partition coefficient (Wildman–Crippen LogP) is 16.9. The van der Waals surface area contributed by atoms with Crippen LogP contribution in [0.15, 0.2) is 243 Å². The molecule has 10 aromatic rings. The van der Waals surface area contributed by atoms with E-state index >= 15 is 0 Å². The SMILES string of the molecule is [2H]c1c([2H])c([2H])c(-c2ccc(N(c3ccc4c(c3)-c3ccccc3C4(C)C)c3ccc4c(c3)C3(c5ccccc5-c5ccc(N(c6ccccc6)c6ccccc6)cc53)c3ccccc3-4)cc2)c([2H])c1[2H]. The van der Waals surface area contributed by atoms with Crippen molar-refractivity contribution in [3.63, 3.8) is 0 Å². The van der Waals surface area contributed by atoms with Crippen LogP contribution >= 0.6 is 0 Å². The van der Waals surface area contributed by atoms with E-state index in [9.17, 15) is 0 Å². The Morgan fingerprint density at radius 2 is 0.697 bits per heavy atom. The molecule has 0 bridgehead atoms. The fraction of sp³-hybridized carbons (Fsp3) is 0.0625. The molecule has 0 N–H and O–H groups in total. The molecule has 10 aromatic carbocycles. The molecule has 0 saturated heterocycles. The molecule has 0 aliphatic heterocycles. The Morgan fingerprint density at radius 1 is 0.303 bits per heavy atom. The van der Waals surface area contributed by atoms with Crippen LogP contribution < -0.4 is 9.80 Å². The van der Waals surface area contributed by atoms with Crippen LogP contribution in [-0.4, -0.2) is 0 Å². The van der Waals surface area contributed by atoms with E-state index in [1.54, 1.807) is 0 Å². The number of hydrogen-bond donors (Lipinski definition) is 0. The predicted molar refractivity (Wildman–Crippen MR) is 275 cm³/mol. The fourth-order valence-corrected chi connectivity index (χ4v) is 11.5. The summed E-state index contributed by atoms with van der Waals surface area (Å²) < 4.78 is 42.7. The molecular weight excluding hydrogens is 797 g/mol. The van der Waals surface area contributed by atoms with Crippen LogP contribution in [0.4, 0.5) is 34.1 Å². The van der Waals surface area contributed by atoms with Crippen molar-refractivity contribution in [2.75, 3.05) is 9.80 Å². The van der Waals surface area contributed by atoms with E-state index in [1.807, 2.05) is 24.3 Å². The molecule has 312 valence electrons. The van der Waals surface area contributed by atoms with Gasteiger partial charge in [0.25, 0.3) is 0 Å². The van der Waals surface area contributed by atoms with E-state index in [4.69, 9.17) is 6.85 Å². The van der Waals surface area contributed by atoms with Crippen LogP contribution in [0, 0.1) is 0 Å². The monoisotopic (exact) mass is 847 g/mol. The van der Waals surface area contributed by atoms with Crippen molar-refractivity contribution in [2.45, 2.75) is 24.7 Å². The van der Waals surface area contributed by atoms with Gasteiger partial charge in [-0.2, -0.15) is 0 Å². The lowest BCUT2D eigenvalue weighted by molar-refractivity contribution is 0.660. The second kappa shape index (κ2) is 14.7. The standard InChI is InChI=1S/C64H46N2/c1-63(2)57-27-15-12-26-53(57)56-40-48(36-39-58(56)63)66(47-32-30-44(31-33-47)43-18-6-3-7-19-43)50-35-38-55-52-25-14-17-29-60(52)64(62(55)42-50)59-28-16-13-24-51(59)54-37-34-49(41-61(54)64)65(45-20-8-4-9-21-45)46-22-10-5-11-23-46/h3-42H,1-2H3/i3D,6D,7D,18D,19D. The number of para-hydroxylation sites is 2. The molecule has 1 atom stereocenters. The van der Waals surface area contributed by atoms with Crippen molar-refractivity contribution in [3.8, 4) is 44.5 Å². The van der Waals surface area contributed by atoms with Gasteiger partial charge in [-0.15, -0.1) is 0 Å². The van der Waals surface area contributed by atoms with E-state index in [0.29, 0.717) is 5.56 Å². The molecular formula is C64H46N2. The lowest BCUT2D eigenvalue weighted by Crippen LogP contribution is -2.26. The summed E-state index contributed by atoms with van der Waals surface area (Å²) in [5, 5.41) is 0. The second-order valence-electron chi connectivity index (χ2n) is 18.1. The van der Waals surface area contributed by atoms with Gasteiger partial charge in [-0.1, -0.05) is 184 Å². The molecule has 0 amide bonds. The Morgan fingerprint density at radius 3 is 1.26 bits per heavy atom. The van der Waals surface area contributed by atoms with Crippen LogP contribution in [0.2, 0.25) is 0 Å². The van der Waals surface area contributed by atoms with Crippen LogP contribution in [0.25, 0.3) is 44.5 Å². The molecule has 0 aromatic heterocycles. The molecule has 0 radical (unpaired) electrons. The van der Waals surface area contributed by atoms with Gasteiger partial charge in [0.2, 0.25) is 0 Å². The lowest BCUT2D eigenvalue weighted by atomic mass is 9.70. The smallest absolute Gasteiger partial charge is 0.0727 e. The third-order valence-electron chi connectivity index (χ3n) is 14.3. The third kappa shape index (κ3) is 5.55. The van der Waals surface area contributed by atoms with Crippen LogP contribution in [-0.2, 0) is 10.8 Å². The first kappa shape index (κ1) is 33.3. The molecule has 3 aliphatic rings. The molecule has 13 rings (SSSR count). The van der Waals surface area contributed by atoms with Crippen molar-refractivity contribution >= 4 is 34.1 Å². The van der Waals surface area contributed by atoms with E-state index in [0.717, 1.165) is 34.1 Å². The minimum Gasteiger partial charge on any atom is -0.310 e. The highest BCUT2D eigenvalue weighted by Crippen LogP contribution is 2.64. The van der Waals surface area contributed by atoms with Crippen molar-refractivity contribution in [1.29, 1.82) is 0 Å². The second-order valence-corrected chi connectivity index (χ2v) is 18.1. The van der Waals surface area contributed by atoms with Crippen molar-refractivity contribution in [2.24, 2.45) is 0 Å². The van der Waals surface area contributed by atoms with Gasteiger partial charge in [-0.3, -0.25) is 0 Å². The normalized spacial score (nSPS) is 16.4. The average molecular weight is 848 g/mol. The molecule has 1 spiro atoms. The van der Waals surface area contributed by atoms with E-state index in [1.165, 1.54) is 66.8 Å². The van der Waals surface area contributed by atoms with Gasteiger partial charge < -0.3 is 9.80 Å². The Labute approximate surface area is 394 Å². The Bertz CT molecular complexity index is 3730. The summed E-state index contributed by atoms with van der Waals surface area (Å²) in [6.45, 7) is 4.60. The number of nitrogens with zero attached hydrogens (tertiary/aromatic N) is 2. The number of benzene rings is 10. The number of rotatable bonds is 7. The largest absolute Gasteiger partial charge is 0.310 e. The van der Waals surface area contributed by atoms with Crippen LogP contribution in [0.3, 0.4) is 0 Å². The van der Waals surface area contributed by atoms with Crippen molar-refractivity contribution in [1.82, 2.24) is 0 Å². The zero-order valence-electron chi connectivity index (χ0n) is 41.6. The molecule has 0 fully saturated rings. The maximum Gasteiger partial charge on any atom is 0.0727 e. The third-order valence-corrected chi connectivity index (χ3v) is 14.3. The first-order valence-electron chi connectivity index (χ1n) is 25.2. The molecule has 66 heavy (non-hydrogen) atoms. The van der Waals surface area contributed by atoms with Crippen LogP contribution in [0.5, 0.6) is 0 Å². The minimum atomic E-state index is -0.666. The Hall–Kier alpha value is -8.20. The van der Waals surface area contributed by atoms with Gasteiger partial charge in [0.15, 0.2) is 0 Å². The average Bonchev–Trinajstić information content (AvgIpc) is 3.97. The summed E-state index contributed by atoms with van der Waals surface area (Å²) in [6, 6.07) is 74.6. The summed E-state index contributed by atoms with van der Waals surface area (Å²) in [5.41, 5.74) is 20.6. The number of fused-ring (bicyclic) bond motifs is 13. The maximum atomic E-state index is 8.79. The van der Waals surface area contributed by atoms with Crippen LogP contribution in [0.1, 0.15) is 54.1 Å². The number of hydrogen-bond acceptors (Lipinski definition) is 2. The highest BCUT2D eigenvalue weighted by molar-refractivity contribution is 5.98. The summed E-state index contributed by atoms with van der Waals surface area (Å²) in [7, 11) is 0. The van der Waals surface area contributed by atoms with Gasteiger partial charge in [0.05, 0.1) is 12.3 Å². The summed E-state index contributed by atoms with van der Waals surface area (Å²) in [4.78, 5) is 4.65. The van der Waals surface area contributed by atoms with E-state index < -0.39 is 11.5 Å². The Kier molecular flexibility index (Phi) is 7.41. The van der Waals surface area contributed by atoms with E-state index in [-0.39, 0.29) is 35.1 Å². The fourth-order valence-electron chi connectivity index (χ4n) is 11.5. The summed E-state index contributed by atoms with van der Waals surface area (Å²) >= 11 is 0. The summed E-state index contributed by atoms with van der Waals surface area (Å²) in [6.07, 6.45) is 0. The van der Waals surface area contributed by atoms with Gasteiger partial charge in [-0.25, -0.2) is 0 Å². The lowest BCUT2D eigenvalue weighted by Gasteiger charge is -2.33.